The van der Waals surface area contributed by atoms with Crippen molar-refractivity contribution in [2.45, 2.75) is 90.2 Å². The number of hydrogen-bond donors (Lipinski definition) is 1. The summed E-state index contributed by atoms with van der Waals surface area (Å²) in [5, 5.41) is 11.5. The largest absolute Gasteiger partial charge is 0.393 e. The molecular formula is C25H46N2O. The highest BCUT2D eigenvalue weighted by molar-refractivity contribution is 5.13. The Kier molecular flexibility index (Phi) is 5.92. The van der Waals surface area contributed by atoms with Crippen molar-refractivity contribution in [1.29, 1.82) is 0 Å². The lowest BCUT2D eigenvalue weighted by molar-refractivity contribution is -0.170. The molecule has 0 bridgehead atoms. The predicted molar refractivity (Wildman–Crippen MR) is 117 cm³/mol. The molecule has 4 aliphatic carbocycles. The van der Waals surface area contributed by atoms with Crippen molar-refractivity contribution in [2.75, 3.05) is 34.2 Å². The van der Waals surface area contributed by atoms with Crippen LogP contribution in [-0.2, 0) is 0 Å². The van der Waals surface area contributed by atoms with Crippen LogP contribution in [0.2, 0.25) is 0 Å². The minimum atomic E-state index is -0.0760. The molecule has 0 radical (unpaired) electrons. The molecule has 4 fully saturated rings. The van der Waals surface area contributed by atoms with E-state index in [4.69, 9.17) is 0 Å². The van der Waals surface area contributed by atoms with Crippen molar-refractivity contribution in [1.82, 2.24) is 9.80 Å². The summed E-state index contributed by atoms with van der Waals surface area (Å²) in [4.78, 5) is 4.95. The number of aliphatic hydroxyl groups excluding tert-OH is 1. The number of aliphatic hydroxyl groups is 1. The van der Waals surface area contributed by atoms with Gasteiger partial charge in [-0.15, -0.1) is 0 Å². The summed E-state index contributed by atoms with van der Waals surface area (Å²) < 4.78 is 0. The van der Waals surface area contributed by atoms with Crippen molar-refractivity contribution in [2.24, 2.45) is 34.5 Å². The van der Waals surface area contributed by atoms with Crippen LogP contribution < -0.4 is 0 Å². The third-order valence-electron chi connectivity index (χ3n) is 10.1. The van der Waals surface area contributed by atoms with Gasteiger partial charge in [0.15, 0.2) is 0 Å². The first-order chi connectivity index (χ1) is 13.3. The van der Waals surface area contributed by atoms with E-state index in [0.717, 1.165) is 24.2 Å². The highest BCUT2D eigenvalue weighted by atomic mass is 16.3. The maximum atomic E-state index is 11.5. The van der Waals surface area contributed by atoms with Crippen LogP contribution in [0.15, 0.2) is 0 Å². The molecule has 0 aromatic rings. The van der Waals surface area contributed by atoms with Gasteiger partial charge >= 0.3 is 0 Å². The van der Waals surface area contributed by atoms with Gasteiger partial charge in [-0.2, -0.15) is 0 Å². The van der Waals surface area contributed by atoms with Crippen LogP contribution in [0, 0.1) is 34.5 Å². The number of nitrogens with zero attached hydrogens (tertiary/aromatic N) is 2. The number of hydrogen-bond acceptors (Lipinski definition) is 3. The Bertz CT molecular complexity index is 551. The first-order valence-corrected chi connectivity index (χ1v) is 12.3. The van der Waals surface area contributed by atoms with Crippen molar-refractivity contribution >= 4 is 0 Å². The van der Waals surface area contributed by atoms with Crippen LogP contribution >= 0.6 is 0 Å². The zero-order chi connectivity index (χ0) is 20.1. The smallest absolute Gasteiger partial charge is 0.0582 e. The fraction of sp³-hybridized carbons (Fsp3) is 1.00. The Hall–Kier alpha value is -0.120. The van der Waals surface area contributed by atoms with Gasteiger partial charge < -0.3 is 14.9 Å². The quantitative estimate of drug-likeness (QED) is 0.741. The molecular weight excluding hydrogens is 344 g/mol. The van der Waals surface area contributed by atoms with Crippen LogP contribution in [0.4, 0.5) is 0 Å². The van der Waals surface area contributed by atoms with E-state index in [2.05, 4.69) is 44.8 Å². The summed E-state index contributed by atoms with van der Waals surface area (Å²) in [5.41, 5.74) is 0.725. The van der Waals surface area contributed by atoms with Gasteiger partial charge in [-0.3, -0.25) is 0 Å². The Morgan fingerprint density at radius 2 is 1.68 bits per heavy atom. The number of rotatable bonds is 5. The van der Waals surface area contributed by atoms with Crippen LogP contribution in [0.3, 0.4) is 0 Å². The maximum Gasteiger partial charge on any atom is 0.0582 e. The third kappa shape index (κ3) is 3.38. The Labute approximate surface area is 174 Å². The second-order valence-electron chi connectivity index (χ2n) is 11.8. The molecule has 8 atom stereocenters. The first-order valence-electron chi connectivity index (χ1n) is 12.3. The van der Waals surface area contributed by atoms with Gasteiger partial charge in [0.2, 0.25) is 0 Å². The van der Waals surface area contributed by atoms with Crippen LogP contribution in [0.25, 0.3) is 0 Å². The molecule has 28 heavy (non-hydrogen) atoms. The van der Waals surface area contributed by atoms with Gasteiger partial charge in [0.25, 0.3) is 0 Å². The summed E-state index contributed by atoms with van der Waals surface area (Å²) >= 11 is 0. The Morgan fingerprint density at radius 1 is 0.893 bits per heavy atom. The van der Waals surface area contributed by atoms with Crippen LogP contribution in [0.5, 0.6) is 0 Å². The lowest BCUT2D eigenvalue weighted by Crippen LogP contribution is -2.60. The summed E-state index contributed by atoms with van der Waals surface area (Å²) in [5.74, 6) is 3.06. The highest BCUT2D eigenvalue weighted by Gasteiger charge is 2.62. The monoisotopic (exact) mass is 390 g/mol. The summed E-state index contributed by atoms with van der Waals surface area (Å²) in [6, 6.07) is 0.659. The number of fused-ring (bicyclic) bond motifs is 5. The fourth-order valence-corrected chi connectivity index (χ4v) is 8.91. The van der Waals surface area contributed by atoms with Gasteiger partial charge in [0.1, 0.15) is 0 Å². The van der Waals surface area contributed by atoms with E-state index < -0.39 is 0 Å². The molecule has 0 amide bonds. The second kappa shape index (κ2) is 7.85. The van der Waals surface area contributed by atoms with E-state index in [-0.39, 0.29) is 6.10 Å². The van der Waals surface area contributed by atoms with E-state index in [1.165, 1.54) is 70.9 Å². The Morgan fingerprint density at radius 3 is 2.43 bits per heavy atom. The summed E-state index contributed by atoms with van der Waals surface area (Å²) in [6.45, 7) is 7.48. The normalized spacial score (nSPS) is 48.4. The average Bonchev–Trinajstić information content (AvgIpc) is 2.97. The van der Waals surface area contributed by atoms with Gasteiger partial charge in [-0.05, 0) is 120 Å². The van der Waals surface area contributed by atoms with Crippen molar-refractivity contribution in [3.63, 3.8) is 0 Å². The van der Waals surface area contributed by atoms with Gasteiger partial charge in [-0.25, -0.2) is 0 Å². The maximum absolute atomic E-state index is 11.5. The lowest BCUT2D eigenvalue weighted by atomic mass is 9.44. The molecule has 0 aromatic carbocycles. The van der Waals surface area contributed by atoms with E-state index in [0.29, 0.717) is 22.8 Å². The molecule has 0 unspecified atom stereocenters. The standard InChI is InChI=1S/C25H46N2O/c1-24-14-7-6-9-18(24)10-11-19-20-12-13-22(27(5)16-8-15-26(3)4)25(20,2)17-21(28)23(19)24/h18-23,28H,6-17H2,1-5H3/t18-,19+,20+,21+,22+,23-,24+,25+/m1/s1. The zero-order valence-corrected chi connectivity index (χ0v) is 19.3. The lowest BCUT2D eigenvalue weighted by Gasteiger charge is -2.62. The average molecular weight is 391 g/mol. The van der Waals surface area contributed by atoms with Gasteiger partial charge in [0, 0.05) is 6.04 Å². The molecule has 1 N–H and O–H groups in total. The van der Waals surface area contributed by atoms with E-state index in [1.54, 1.807) is 0 Å². The fourth-order valence-electron chi connectivity index (χ4n) is 8.91. The predicted octanol–water partition coefficient (Wildman–Crippen LogP) is 4.64. The molecule has 4 saturated carbocycles. The summed E-state index contributed by atoms with van der Waals surface area (Å²) in [7, 11) is 6.70. The molecule has 3 heteroatoms. The molecule has 0 heterocycles. The highest BCUT2D eigenvalue weighted by Crippen LogP contribution is 2.66. The summed E-state index contributed by atoms with van der Waals surface area (Å²) in [6.07, 6.45) is 13.4. The van der Waals surface area contributed by atoms with Gasteiger partial charge in [0.05, 0.1) is 6.10 Å². The molecule has 0 aliphatic heterocycles. The third-order valence-corrected chi connectivity index (χ3v) is 10.1. The topological polar surface area (TPSA) is 26.7 Å². The molecule has 0 saturated heterocycles. The first kappa shape index (κ1) is 21.1. The SMILES string of the molecule is CN(C)CCCN(C)[C@H]1CC[C@H]2[C@@H]3CC[C@H]4CCCC[C@]4(C)[C@H]3[C@@H](O)C[C@]12C. The molecule has 162 valence electrons. The van der Waals surface area contributed by atoms with Crippen LogP contribution in [-0.4, -0.2) is 61.3 Å². The van der Waals surface area contributed by atoms with E-state index in [9.17, 15) is 5.11 Å². The zero-order valence-electron chi connectivity index (χ0n) is 19.3. The Balaban J connectivity index is 1.51. The minimum absolute atomic E-state index is 0.0760. The van der Waals surface area contributed by atoms with Crippen molar-refractivity contribution in [3.05, 3.63) is 0 Å². The molecule has 4 rings (SSSR count). The minimum Gasteiger partial charge on any atom is -0.393 e. The molecule has 0 aromatic heterocycles. The second-order valence-corrected chi connectivity index (χ2v) is 11.8. The molecule has 4 aliphatic rings. The van der Waals surface area contributed by atoms with Crippen molar-refractivity contribution < 1.29 is 5.11 Å². The molecule has 0 spiro atoms. The van der Waals surface area contributed by atoms with E-state index in [1.807, 2.05) is 0 Å². The van der Waals surface area contributed by atoms with Crippen molar-refractivity contribution in [3.8, 4) is 0 Å². The van der Waals surface area contributed by atoms with Gasteiger partial charge in [-0.1, -0.05) is 26.7 Å². The van der Waals surface area contributed by atoms with E-state index >= 15 is 0 Å². The van der Waals surface area contributed by atoms with Crippen LogP contribution in [0.1, 0.15) is 78.1 Å². The molecule has 3 nitrogen and oxygen atoms in total.